The fourth-order valence-electron chi connectivity index (χ4n) is 1.06. The minimum atomic E-state index is 0.575. The third kappa shape index (κ3) is 3.05. The molecular weight excluding hydrogens is 194 g/mol. The van der Waals surface area contributed by atoms with E-state index >= 15 is 0 Å². The number of nitrogens with zero attached hydrogens (tertiary/aromatic N) is 2. The zero-order valence-electron chi connectivity index (χ0n) is 8.47. The van der Waals surface area contributed by atoms with Crippen LogP contribution in [0.15, 0.2) is 30.6 Å². The Bertz CT molecular complexity index is 339. The summed E-state index contributed by atoms with van der Waals surface area (Å²) in [6.07, 6.45) is 11.9. The van der Waals surface area contributed by atoms with Crippen molar-refractivity contribution in [3.63, 3.8) is 0 Å². The highest BCUT2D eigenvalue weighted by Gasteiger charge is 2.00. The predicted molar refractivity (Wildman–Crippen MR) is 62.9 cm³/mol. The van der Waals surface area contributed by atoms with E-state index in [2.05, 4.69) is 17.4 Å². The van der Waals surface area contributed by atoms with Crippen molar-refractivity contribution in [1.82, 2.24) is 9.78 Å². The molecule has 2 N–H and O–H groups in total. The van der Waals surface area contributed by atoms with Crippen molar-refractivity contribution in [2.45, 2.75) is 0 Å². The number of hydrogen-bond acceptors (Lipinski definition) is 3. The highest BCUT2D eigenvalue weighted by Crippen LogP contribution is 2.24. The fourth-order valence-corrected chi connectivity index (χ4v) is 1.62. The van der Waals surface area contributed by atoms with E-state index in [-0.39, 0.29) is 0 Å². The number of aromatic nitrogens is 2. The van der Waals surface area contributed by atoms with Crippen molar-refractivity contribution in [2.24, 2.45) is 12.8 Å². The van der Waals surface area contributed by atoms with Crippen molar-refractivity contribution in [3.05, 3.63) is 36.2 Å². The van der Waals surface area contributed by atoms with Gasteiger partial charge in [0.15, 0.2) is 0 Å². The number of thioether (sulfide) groups is 1. The molecule has 0 bridgehead atoms. The van der Waals surface area contributed by atoms with Crippen LogP contribution in [0.25, 0.3) is 4.91 Å². The summed E-state index contributed by atoms with van der Waals surface area (Å²) in [6.45, 7) is 0.575. The van der Waals surface area contributed by atoms with Gasteiger partial charge in [-0.25, -0.2) is 0 Å². The summed E-state index contributed by atoms with van der Waals surface area (Å²) in [5.74, 6) is 0. The summed E-state index contributed by atoms with van der Waals surface area (Å²) in [5.41, 5.74) is 6.50. The SMILES string of the molecule is CS/C(=C\C=C\CN)c1cnn(C)c1. The maximum Gasteiger partial charge on any atom is 0.0573 e. The number of aryl methyl sites for hydroxylation is 1. The molecule has 0 radical (unpaired) electrons. The van der Waals surface area contributed by atoms with Crippen molar-refractivity contribution < 1.29 is 0 Å². The lowest BCUT2D eigenvalue weighted by Gasteiger charge is -1.97. The van der Waals surface area contributed by atoms with E-state index in [1.165, 1.54) is 4.91 Å². The van der Waals surface area contributed by atoms with E-state index in [9.17, 15) is 0 Å². The number of rotatable bonds is 4. The second kappa shape index (κ2) is 5.67. The quantitative estimate of drug-likeness (QED) is 0.767. The molecule has 0 unspecified atom stereocenters. The Balaban J connectivity index is 2.81. The maximum atomic E-state index is 5.36. The molecule has 0 aliphatic heterocycles. The van der Waals surface area contributed by atoms with Gasteiger partial charge in [0, 0.05) is 30.3 Å². The van der Waals surface area contributed by atoms with Crippen molar-refractivity contribution in [2.75, 3.05) is 12.8 Å². The van der Waals surface area contributed by atoms with Crippen LogP contribution in [0.1, 0.15) is 5.56 Å². The molecule has 1 heterocycles. The third-order valence-electron chi connectivity index (χ3n) is 1.73. The molecule has 76 valence electrons. The highest BCUT2D eigenvalue weighted by molar-refractivity contribution is 8.07. The molecule has 0 spiro atoms. The Morgan fingerprint density at radius 2 is 2.50 bits per heavy atom. The molecule has 0 fully saturated rings. The lowest BCUT2D eigenvalue weighted by molar-refractivity contribution is 0.767. The zero-order chi connectivity index (χ0) is 10.4. The van der Waals surface area contributed by atoms with Crippen LogP contribution in [0.4, 0.5) is 0 Å². The van der Waals surface area contributed by atoms with Crippen molar-refractivity contribution >= 4 is 16.7 Å². The number of hydrogen-bond donors (Lipinski definition) is 1. The monoisotopic (exact) mass is 209 g/mol. The molecule has 0 amide bonds. The standard InChI is InChI=1S/C10H15N3S/c1-13-8-9(7-12-13)10(14-2)5-3-4-6-11/h3-5,7-8H,6,11H2,1-2H3/b4-3+,10-5-. The zero-order valence-corrected chi connectivity index (χ0v) is 9.29. The van der Waals surface area contributed by atoms with Gasteiger partial charge in [0.05, 0.1) is 6.20 Å². The maximum absolute atomic E-state index is 5.36. The normalized spacial score (nSPS) is 12.6. The summed E-state index contributed by atoms with van der Waals surface area (Å²) in [6, 6.07) is 0. The smallest absolute Gasteiger partial charge is 0.0573 e. The molecule has 1 aromatic heterocycles. The summed E-state index contributed by atoms with van der Waals surface area (Å²) in [5, 5.41) is 4.13. The Labute approximate surface area is 88.7 Å². The Hall–Kier alpha value is -1.00. The molecule has 3 nitrogen and oxygen atoms in total. The summed E-state index contributed by atoms with van der Waals surface area (Å²) < 4.78 is 1.80. The molecule has 14 heavy (non-hydrogen) atoms. The van der Waals surface area contributed by atoms with Gasteiger partial charge in [-0.1, -0.05) is 12.2 Å². The molecule has 0 atom stereocenters. The van der Waals surface area contributed by atoms with Gasteiger partial charge < -0.3 is 5.73 Å². The van der Waals surface area contributed by atoms with Crippen LogP contribution in [-0.4, -0.2) is 22.6 Å². The van der Waals surface area contributed by atoms with Gasteiger partial charge in [-0.2, -0.15) is 5.10 Å². The van der Waals surface area contributed by atoms with Gasteiger partial charge in [-0.15, -0.1) is 11.8 Å². The molecule has 0 aliphatic carbocycles. The first-order valence-corrected chi connectivity index (χ1v) is 5.60. The van der Waals surface area contributed by atoms with Gasteiger partial charge in [-0.05, 0) is 12.3 Å². The second-order valence-corrected chi connectivity index (χ2v) is 3.65. The van der Waals surface area contributed by atoms with E-state index in [0.29, 0.717) is 6.54 Å². The Morgan fingerprint density at radius 3 is 3.00 bits per heavy atom. The van der Waals surface area contributed by atoms with Crippen LogP contribution >= 0.6 is 11.8 Å². The van der Waals surface area contributed by atoms with E-state index in [1.54, 1.807) is 16.4 Å². The van der Waals surface area contributed by atoms with E-state index in [4.69, 9.17) is 5.73 Å². The molecule has 0 saturated heterocycles. The molecule has 0 saturated carbocycles. The van der Waals surface area contributed by atoms with Gasteiger partial charge in [0.25, 0.3) is 0 Å². The van der Waals surface area contributed by atoms with Crippen LogP contribution in [-0.2, 0) is 7.05 Å². The molecule has 1 rings (SSSR count). The van der Waals surface area contributed by atoms with Crippen LogP contribution in [0.5, 0.6) is 0 Å². The summed E-state index contributed by atoms with van der Waals surface area (Å²) in [7, 11) is 1.91. The largest absolute Gasteiger partial charge is 0.327 e. The van der Waals surface area contributed by atoms with Crippen LogP contribution in [0, 0.1) is 0 Å². The molecule has 4 heteroatoms. The predicted octanol–water partition coefficient (Wildman–Crippen LogP) is 1.64. The fraction of sp³-hybridized carbons (Fsp3) is 0.300. The molecule has 0 aliphatic rings. The van der Waals surface area contributed by atoms with Gasteiger partial charge >= 0.3 is 0 Å². The van der Waals surface area contributed by atoms with E-state index in [1.807, 2.05) is 31.6 Å². The molecule has 0 aromatic carbocycles. The number of nitrogens with two attached hydrogens (primary N) is 1. The first-order chi connectivity index (χ1) is 6.77. The lowest BCUT2D eigenvalue weighted by Crippen LogP contribution is -1.91. The summed E-state index contributed by atoms with van der Waals surface area (Å²) >= 11 is 1.70. The van der Waals surface area contributed by atoms with E-state index in [0.717, 1.165) is 5.56 Å². The number of allylic oxidation sites excluding steroid dienone is 2. The average molecular weight is 209 g/mol. The van der Waals surface area contributed by atoms with Crippen LogP contribution in [0.3, 0.4) is 0 Å². The van der Waals surface area contributed by atoms with Gasteiger partial charge in [0.2, 0.25) is 0 Å². The highest BCUT2D eigenvalue weighted by atomic mass is 32.2. The minimum Gasteiger partial charge on any atom is -0.327 e. The first kappa shape index (κ1) is 11.1. The van der Waals surface area contributed by atoms with Gasteiger partial charge in [-0.3, -0.25) is 4.68 Å². The van der Waals surface area contributed by atoms with Crippen molar-refractivity contribution in [3.8, 4) is 0 Å². The molecule has 1 aromatic rings. The third-order valence-corrected chi connectivity index (χ3v) is 2.54. The van der Waals surface area contributed by atoms with Crippen LogP contribution < -0.4 is 5.73 Å². The minimum absolute atomic E-state index is 0.575. The Morgan fingerprint density at radius 1 is 1.71 bits per heavy atom. The van der Waals surface area contributed by atoms with Gasteiger partial charge in [0.1, 0.15) is 0 Å². The van der Waals surface area contributed by atoms with Crippen molar-refractivity contribution in [1.29, 1.82) is 0 Å². The summed E-state index contributed by atoms with van der Waals surface area (Å²) in [4.78, 5) is 1.20. The lowest BCUT2D eigenvalue weighted by atomic mass is 10.3. The topological polar surface area (TPSA) is 43.8 Å². The molecular formula is C10H15N3S. The van der Waals surface area contributed by atoms with Crippen LogP contribution in [0.2, 0.25) is 0 Å². The average Bonchev–Trinajstić information content (AvgIpc) is 2.60. The Kier molecular flexibility index (Phi) is 4.49. The second-order valence-electron chi connectivity index (χ2n) is 2.80. The first-order valence-electron chi connectivity index (χ1n) is 4.38. The van der Waals surface area contributed by atoms with E-state index < -0.39 is 0 Å².